The molecule has 0 bridgehead atoms. The van der Waals surface area contributed by atoms with E-state index in [4.69, 9.17) is 5.11 Å². The molecule has 0 rings (SSSR count). The van der Waals surface area contributed by atoms with E-state index in [0.717, 1.165) is 0 Å². The molecule has 0 aromatic carbocycles. The van der Waals surface area contributed by atoms with E-state index in [9.17, 15) is 23.1 Å². The Morgan fingerprint density at radius 1 is 1.29 bits per heavy atom. The van der Waals surface area contributed by atoms with Crippen LogP contribution in [-0.4, -0.2) is 28.0 Å². The summed E-state index contributed by atoms with van der Waals surface area (Å²) in [5, 5.41) is 18.8. The van der Waals surface area contributed by atoms with Gasteiger partial charge in [0.05, 0.1) is 0 Å². The summed E-state index contributed by atoms with van der Waals surface area (Å²) in [6.45, 7) is 3.19. The summed E-state index contributed by atoms with van der Waals surface area (Å²) in [6, 6.07) is 0. The minimum atomic E-state index is -4.23. The fourth-order valence-corrected chi connectivity index (χ4v) is 1.79. The number of carboxylic acid groups (broad SMARTS) is 1. The van der Waals surface area contributed by atoms with Crippen LogP contribution in [0.15, 0.2) is 0 Å². The Labute approximate surface area is 98.6 Å². The molecular formula is C11H19F3O3. The van der Waals surface area contributed by atoms with E-state index in [-0.39, 0.29) is 19.3 Å². The molecule has 0 fully saturated rings. The molecule has 102 valence electrons. The minimum Gasteiger partial charge on any atom is -0.479 e. The van der Waals surface area contributed by atoms with E-state index in [1.165, 1.54) is 6.92 Å². The third kappa shape index (κ3) is 5.39. The number of carboxylic acids is 1. The summed E-state index contributed by atoms with van der Waals surface area (Å²) >= 11 is 0. The molecule has 0 aliphatic carbocycles. The highest BCUT2D eigenvalue weighted by Crippen LogP contribution is 2.30. The maximum absolute atomic E-state index is 11.9. The molecule has 0 aliphatic heterocycles. The quantitative estimate of drug-likeness (QED) is 0.736. The van der Waals surface area contributed by atoms with Crippen molar-refractivity contribution < 1.29 is 28.2 Å². The highest BCUT2D eigenvalue weighted by molar-refractivity contribution is 5.77. The Morgan fingerprint density at radius 2 is 1.82 bits per heavy atom. The van der Waals surface area contributed by atoms with Crippen LogP contribution < -0.4 is 0 Å². The van der Waals surface area contributed by atoms with Gasteiger partial charge in [0.1, 0.15) is 0 Å². The van der Waals surface area contributed by atoms with Gasteiger partial charge >= 0.3 is 12.1 Å². The third-order valence-electron chi connectivity index (χ3n) is 2.91. The van der Waals surface area contributed by atoms with Crippen molar-refractivity contribution in [3.05, 3.63) is 0 Å². The second-order valence-electron chi connectivity index (χ2n) is 4.39. The van der Waals surface area contributed by atoms with Crippen LogP contribution in [0.5, 0.6) is 0 Å². The maximum Gasteiger partial charge on any atom is 0.389 e. The molecule has 3 nitrogen and oxygen atoms in total. The van der Waals surface area contributed by atoms with Crippen molar-refractivity contribution in [1.29, 1.82) is 0 Å². The van der Waals surface area contributed by atoms with Gasteiger partial charge in [0.2, 0.25) is 0 Å². The first-order valence-electron chi connectivity index (χ1n) is 5.66. The van der Waals surface area contributed by atoms with Gasteiger partial charge < -0.3 is 10.2 Å². The van der Waals surface area contributed by atoms with Crippen LogP contribution in [0.4, 0.5) is 13.2 Å². The normalized spacial score (nSPS) is 17.5. The Kier molecular flexibility index (Phi) is 5.95. The lowest BCUT2D eigenvalue weighted by Gasteiger charge is -2.29. The largest absolute Gasteiger partial charge is 0.479 e. The zero-order valence-electron chi connectivity index (χ0n) is 10.0. The highest BCUT2D eigenvalue weighted by atomic mass is 19.4. The fourth-order valence-electron chi connectivity index (χ4n) is 1.79. The standard InChI is InChI=1S/C11H19F3O3/c1-3-6-10(17,9(15)16)8(2)5-4-7-11(12,13)14/h8,17H,3-7H2,1-2H3,(H,15,16). The van der Waals surface area contributed by atoms with Crippen molar-refractivity contribution in [1.82, 2.24) is 0 Å². The number of halogens is 3. The third-order valence-corrected chi connectivity index (χ3v) is 2.91. The average molecular weight is 256 g/mol. The average Bonchev–Trinajstić information content (AvgIpc) is 2.15. The Bertz CT molecular complexity index is 253. The molecule has 0 saturated heterocycles. The van der Waals surface area contributed by atoms with Gasteiger partial charge in [-0.05, 0) is 25.2 Å². The second kappa shape index (κ2) is 6.23. The first-order valence-corrected chi connectivity index (χ1v) is 5.66. The number of aliphatic hydroxyl groups is 1. The van der Waals surface area contributed by atoms with E-state index in [1.807, 2.05) is 0 Å². The summed E-state index contributed by atoms with van der Waals surface area (Å²) in [5.41, 5.74) is -1.92. The van der Waals surface area contributed by atoms with Crippen LogP contribution in [0.3, 0.4) is 0 Å². The Morgan fingerprint density at radius 3 is 2.18 bits per heavy atom. The first-order chi connectivity index (χ1) is 7.63. The molecule has 2 atom stereocenters. The second-order valence-corrected chi connectivity index (χ2v) is 4.39. The van der Waals surface area contributed by atoms with Crippen LogP contribution >= 0.6 is 0 Å². The van der Waals surface area contributed by atoms with Gasteiger partial charge in [0, 0.05) is 6.42 Å². The number of alkyl halides is 3. The molecule has 0 aromatic rings. The predicted octanol–water partition coefficient (Wildman–Crippen LogP) is 2.97. The zero-order valence-corrected chi connectivity index (χ0v) is 10.0. The summed E-state index contributed by atoms with van der Waals surface area (Å²) in [4.78, 5) is 10.9. The van der Waals surface area contributed by atoms with E-state index in [1.54, 1.807) is 6.92 Å². The van der Waals surface area contributed by atoms with Gasteiger partial charge in [0.25, 0.3) is 0 Å². The molecule has 0 saturated carbocycles. The van der Waals surface area contributed by atoms with E-state index in [0.29, 0.717) is 6.42 Å². The topological polar surface area (TPSA) is 57.5 Å². The molecule has 2 unspecified atom stereocenters. The molecule has 0 radical (unpaired) electrons. The summed E-state index contributed by atoms with van der Waals surface area (Å²) < 4.78 is 35.8. The zero-order chi connectivity index (χ0) is 13.7. The van der Waals surface area contributed by atoms with Gasteiger partial charge in [-0.3, -0.25) is 0 Å². The minimum absolute atomic E-state index is 0.0440. The number of carbonyl (C=O) groups is 1. The number of hydrogen-bond donors (Lipinski definition) is 2. The summed E-state index contributed by atoms with van der Waals surface area (Å²) in [5.74, 6) is -2.05. The first kappa shape index (κ1) is 16.2. The number of hydrogen-bond acceptors (Lipinski definition) is 2. The molecule has 0 spiro atoms. The molecule has 0 heterocycles. The van der Waals surface area contributed by atoms with Gasteiger partial charge in [-0.15, -0.1) is 0 Å². The monoisotopic (exact) mass is 256 g/mol. The molecule has 0 aliphatic rings. The Hall–Kier alpha value is -0.780. The fraction of sp³-hybridized carbons (Fsp3) is 0.909. The van der Waals surface area contributed by atoms with Crippen molar-refractivity contribution in [3.63, 3.8) is 0 Å². The van der Waals surface area contributed by atoms with Crippen molar-refractivity contribution in [3.8, 4) is 0 Å². The van der Waals surface area contributed by atoms with Crippen molar-refractivity contribution in [2.75, 3.05) is 0 Å². The number of aliphatic carboxylic acids is 1. The Balaban J connectivity index is 4.35. The van der Waals surface area contributed by atoms with Crippen LogP contribution in [-0.2, 0) is 4.79 Å². The number of rotatable bonds is 7. The molecule has 2 N–H and O–H groups in total. The lowest BCUT2D eigenvalue weighted by molar-refractivity contribution is -0.166. The highest BCUT2D eigenvalue weighted by Gasteiger charge is 2.40. The van der Waals surface area contributed by atoms with Crippen molar-refractivity contribution in [2.24, 2.45) is 5.92 Å². The summed E-state index contributed by atoms with van der Waals surface area (Å²) in [7, 11) is 0. The van der Waals surface area contributed by atoms with E-state index in [2.05, 4.69) is 0 Å². The molecule has 0 aromatic heterocycles. The van der Waals surface area contributed by atoms with E-state index < -0.39 is 30.1 Å². The van der Waals surface area contributed by atoms with Crippen LogP contribution in [0.2, 0.25) is 0 Å². The predicted molar refractivity (Wildman–Crippen MR) is 56.6 cm³/mol. The van der Waals surface area contributed by atoms with Gasteiger partial charge in [0.15, 0.2) is 5.60 Å². The van der Waals surface area contributed by atoms with Crippen LogP contribution in [0, 0.1) is 5.92 Å². The van der Waals surface area contributed by atoms with Crippen molar-refractivity contribution in [2.45, 2.75) is 57.7 Å². The van der Waals surface area contributed by atoms with Gasteiger partial charge in [-0.1, -0.05) is 20.3 Å². The smallest absolute Gasteiger partial charge is 0.389 e. The van der Waals surface area contributed by atoms with E-state index >= 15 is 0 Å². The lowest BCUT2D eigenvalue weighted by atomic mass is 9.82. The van der Waals surface area contributed by atoms with Crippen LogP contribution in [0.25, 0.3) is 0 Å². The molecule has 0 amide bonds. The molecular weight excluding hydrogens is 237 g/mol. The van der Waals surface area contributed by atoms with Gasteiger partial charge in [-0.2, -0.15) is 13.2 Å². The lowest BCUT2D eigenvalue weighted by Crippen LogP contribution is -2.44. The SMILES string of the molecule is CCCC(O)(C(=O)O)C(C)CCCC(F)(F)F. The summed E-state index contributed by atoms with van der Waals surface area (Å²) in [6.07, 6.45) is -4.78. The maximum atomic E-state index is 11.9. The molecule has 6 heteroatoms. The van der Waals surface area contributed by atoms with Gasteiger partial charge in [-0.25, -0.2) is 4.79 Å². The van der Waals surface area contributed by atoms with Crippen molar-refractivity contribution >= 4 is 5.97 Å². The molecule has 17 heavy (non-hydrogen) atoms. The van der Waals surface area contributed by atoms with Crippen LogP contribution in [0.1, 0.15) is 46.0 Å².